The predicted molar refractivity (Wildman–Crippen MR) is 175 cm³/mol. The van der Waals surface area contributed by atoms with Gasteiger partial charge in [0.1, 0.15) is 0 Å². The third kappa shape index (κ3) is 10.9. The maximum atomic E-state index is 7.48. The number of likely N-dealkylation sites (tertiary alicyclic amines) is 1. The van der Waals surface area contributed by atoms with Crippen molar-refractivity contribution in [2.75, 3.05) is 41.8 Å². The average molecular weight is 649 g/mol. The van der Waals surface area contributed by atoms with E-state index >= 15 is 0 Å². The monoisotopic (exact) mass is 647 g/mol. The second-order valence-electron chi connectivity index (χ2n) is 10.1. The van der Waals surface area contributed by atoms with E-state index in [0.29, 0.717) is 29.9 Å². The Bertz CT molecular complexity index is 1250. The first-order chi connectivity index (χ1) is 20.4. The van der Waals surface area contributed by atoms with Crippen molar-refractivity contribution < 1.29 is 0 Å². The van der Waals surface area contributed by atoms with E-state index in [4.69, 9.17) is 56.3 Å². The van der Waals surface area contributed by atoms with Crippen LogP contribution in [-0.2, 0) is 0 Å². The van der Waals surface area contributed by atoms with Crippen molar-refractivity contribution in [2.24, 2.45) is 0 Å². The number of benzene rings is 1. The Morgan fingerprint density at radius 3 is 2.09 bits per heavy atom. The predicted octanol–water partition coefficient (Wildman–Crippen LogP) is 7.39. The molecule has 1 aromatic carbocycles. The van der Waals surface area contributed by atoms with Gasteiger partial charge in [-0.3, -0.25) is 9.74 Å². The maximum Gasteiger partial charge on any atom is 0.295 e. The standard InChI is InChI=1S/C25H36N8.C3Cl3N3.CH4/c1-3-32-17-11-16-22(32)18-27-23-29-24(28-20-12-7-4-5-8-13-20)31-25(30-23)33(19-26-2)21-14-9-6-10-15-21;4-1-7-2(5)9-3(6)8-1;/h6,9-10,14-15,20,22H,3-5,7-8,11-13,16-19H2,1H3,(H2,27,28,29,30,31);;1H4/t22-;;/m0../s1. The van der Waals surface area contributed by atoms with E-state index in [0.717, 1.165) is 38.2 Å². The Morgan fingerprint density at radius 2 is 1.49 bits per heavy atom. The molecule has 3 heterocycles. The van der Waals surface area contributed by atoms with E-state index in [1.807, 2.05) is 35.2 Å². The summed E-state index contributed by atoms with van der Waals surface area (Å²) in [6, 6.07) is 10.8. The van der Waals surface area contributed by atoms with Crippen LogP contribution in [0.2, 0.25) is 15.9 Å². The molecule has 2 aromatic heterocycles. The second kappa shape index (κ2) is 17.9. The lowest BCUT2D eigenvalue weighted by atomic mass is 10.1. The molecule has 43 heavy (non-hydrogen) atoms. The van der Waals surface area contributed by atoms with Crippen LogP contribution in [0.1, 0.15) is 65.7 Å². The average Bonchev–Trinajstić information content (AvgIpc) is 3.29. The lowest BCUT2D eigenvalue weighted by molar-refractivity contribution is 0.277. The number of para-hydroxylation sites is 1. The van der Waals surface area contributed by atoms with Crippen LogP contribution >= 0.6 is 34.8 Å². The number of aromatic nitrogens is 6. The molecule has 3 aromatic rings. The molecule has 2 fully saturated rings. The molecule has 2 aliphatic rings. The molecule has 2 N–H and O–H groups in total. The molecule has 11 nitrogen and oxygen atoms in total. The fourth-order valence-electron chi connectivity index (χ4n) is 5.23. The zero-order chi connectivity index (χ0) is 29.7. The highest BCUT2D eigenvalue weighted by Gasteiger charge is 2.24. The first-order valence-electron chi connectivity index (χ1n) is 14.3. The molecule has 0 unspecified atom stereocenters. The molecule has 1 aliphatic heterocycles. The smallest absolute Gasteiger partial charge is 0.295 e. The van der Waals surface area contributed by atoms with Gasteiger partial charge in [-0.2, -0.15) is 29.9 Å². The third-order valence-corrected chi connectivity index (χ3v) is 7.80. The van der Waals surface area contributed by atoms with Gasteiger partial charge in [-0.15, -0.1) is 0 Å². The molecule has 5 rings (SSSR count). The highest BCUT2D eigenvalue weighted by Crippen LogP contribution is 2.26. The topological polar surface area (TPSA) is 112 Å². The Balaban J connectivity index is 0.000000435. The molecule has 232 valence electrons. The number of rotatable bonds is 9. The van der Waals surface area contributed by atoms with Gasteiger partial charge in [0.15, 0.2) is 0 Å². The van der Waals surface area contributed by atoms with Gasteiger partial charge in [0.2, 0.25) is 33.7 Å². The number of nitrogens with one attached hydrogen (secondary N) is 2. The fraction of sp³-hybridized carbons (Fsp3) is 0.552. The maximum absolute atomic E-state index is 7.48. The summed E-state index contributed by atoms with van der Waals surface area (Å²) >= 11 is 16.0. The number of likely N-dealkylation sites (N-methyl/N-ethyl adjacent to an activating group) is 1. The van der Waals surface area contributed by atoms with Crippen molar-refractivity contribution in [2.45, 2.75) is 77.8 Å². The number of halogens is 3. The molecule has 0 amide bonds. The van der Waals surface area contributed by atoms with Gasteiger partial charge in [0.05, 0.1) is 5.69 Å². The van der Waals surface area contributed by atoms with Crippen molar-refractivity contribution in [1.82, 2.24) is 34.8 Å². The van der Waals surface area contributed by atoms with E-state index in [2.05, 4.69) is 42.3 Å². The first kappa shape index (κ1) is 34.5. The summed E-state index contributed by atoms with van der Waals surface area (Å²) in [5.41, 5.74) is 0.902. The molecular weight excluding hydrogens is 609 g/mol. The van der Waals surface area contributed by atoms with Crippen molar-refractivity contribution in [1.29, 1.82) is 0 Å². The lowest BCUT2D eigenvalue weighted by Crippen LogP contribution is -2.35. The van der Waals surface area contributed by atoms with Crippen LogP contribution in [0.3, 0.4) is 0 Å². The Labute approximate surface area is 269 Å². The Kier molecular flexibility index (Phi) is 14.4. The number of anilines is 4. The summed E-state index contributed by atoms with van der Waals surface area (Å²) in [6.07, 6.45) is 9.80. The number of hydrogen-bond acceptors (Lipinski definition) is 10. The van der Waals surface area contributed by atoms with Gasteiger partial charge in [0.25, 0.3) is 6.67 Å². The SMILES string of the molecule is C.Clc1nc(Cl)nc(Cl)n1.[C-]#[N+]CN(c1ccccc1)c1nc(NC[C@@H]2CCCN2CC)nc(NC2CCCCCC2)n1. The first-order valence-corrected chi connectivity index (χ1v) is 15.5. The summed E-state index contributed by atoms with van der Waals surface area (Å²) < 4.78 is 0. The lowest BCUT2D eigenvalue weighted by Gasteiger charge is -2.24. The number of hydrogen-bond donors (Lipinski definition) is 2. The molecule has 1 saturated heterocycles. The van der Waals surface area contributed by atoms with Crippen LogP contribution in [0, 0.1) is 6.57 Å². The van der Waals surface area contributed by atoms with E-state index in [1.54, 1.807) is 0 Å². The highest BCUT2D eigenvalue weighted by molar-refractivity contribution is 6.33. The summed E-state index contributed by atoms with van der Waals surface area (Å²) in [5, 5.41) is 7.06. The Hall–Kier alpha value is -3.04. The molecule has 1 saturated carbocycles. The summed E-state index contributed by atoms with van der Waals surface area (Å²) in [7, 11) is 0. The van der Waals surface area contributed by atoms with Crippen LogP contribution in [0.4, 0.5) is 23.5 Å². The molecule has 1 aliphatic carbocycles. The molecule has 0 spiro atoms. The van der Waals surface area contributed by atoms with Crippen LogP contribution in [0.5, 0.6) is 0 Å². The normalized spacial score (nSPS) is 17.0. The minimum Gasteiger partial charge on any atom is -0.352 e. The van der Waals surface area contributed by atoms with Crippen LogP contribution in [0.25, 0.3) is 4.85 Å². The summed E-state index contributed by atoms with van der Waals surface area (Å²) in [6.45, 7) is 12.9. The third-order valence-electron chi connectivity index (χ3n) is 7.29. The molecule has 0 radical (unpaired) electrons. The molecule has 14 heteroatoms. The molecule has 1 atom stereocenters. The van der Waals surface area contributed by atoms with Gasteiger partial charge in [-0.05, 0) is 85.7 Å². The zero-order valence-corrected chi connectivity index (χ0v) is 26.0. The zero-order valence-electron chi connectivity index (χ0n) is 23.7. The van der Waals surface area contributed by atoms with Crippen molar-refractivity contribution in [3.05, 3.63) is 57.6 Å². The van der Waals surface area contributed by atoms with Gasteiger partial charge in [-0.25, -0.2) is 11.5 Å². The van der Waals surface area contributed by atoms with Crippen LogP contribution < -0.4 is 15.5 Å². The quantitative estimate of drug-likeness (QED) is 0.180. The number of nitrogens with zero attached hydrogens (tertiary/aromatic N) is 9. The Morgan fingerprint density at radius 1 is 0.860 bits per heavy atom. The van der Waals surface area contributed by atoms with Gasteiger partial charge in [0, 0.05) is 18.6 Å². The van der Waals surface area contributed by atoms with Gasteiger partial charge in [-0.1, -0.05) is 58.2 Å². The molecule has 0 bridgehead atoms. The summed E-state index contributed by atoms with van der Waals surface area (Å²) in [5.74, 6) is 1.67. The van der Waals surface area contributed by atoms with Gasteiger partial charge < -0.3 is 10.6 Å². The minimum absolute atomic E-state index is 0. The van der Waals surface area contributed by atoms with E-state index in [-0.39, 0.29) is 29.9 Å². The van der Waals surface area contributed by atoms with Crippen molar-refractivity contribution in [3.63, 3.8) is 0 Å². The van der Waals surface area contributed by atoms with E-state index in [1.165, 1.54) is 38.5 Å². The van der Waals surface area contributed by atoms with E-state index < -0.39 is 0 Å². The van der Waals surface area contributed by atoms with Crippen LogP contribution in [-0.4, -0.2) is 73.2 Å². The van der Waals surface area contributed by atoms with Crippen LogP contribution in [0.15, 0.2) is 30.3 Å². The largest absolute Gasteiger partial charge is 0.352 e. The second-order valence-corrected chi connectivity index (χ2v) is 11.1. The fourth-order valence-corrected chi connectivity index (χ4v) is 5.84. The van der Waals surface area contributed by atoms with Gasteiger partial charge >= 0.3 is 0 Å². The van der Waals surface area contributed by atoms with E-state index in [9.17, 15) is 0 Å². The minimum atomic E-state index is 0. The van der Waals surface area contributed by atoms with Crippen molar-refractivity contribution in [3.8, 4) is 0 Å². The summed E-state index contributed by atoms with van der Waals surface area (Å²) in [4.78, 5) is 32.6. The highest BCUT2D eigenvalue weighted by atomic mass is 35.5. The van der Waals surface area contributed by atoms with Crippen molar-refractivity contribution >= 4 is 58.3 Å². The molecular formula is C29H40Cl3N11.